The van der Waals surface area contributed by atoms with Gasteiger partial charge >= 0.3 is 0 Å². The number of rotatable bonds is 9. The van der Waals surface area contributed by atoms with Crippen LogP contribution in [0.5, 0.6) is 11.5 Å². The number of ether oxygens (including phenoxy) is 2. The topological polar surface area (TPSA) is 121 Å². The fraction of sp³-hybridized carbons (Fsp3) is 0.160. The van der Waals surface area contributed by atoms with E-state index in [2.05, 4.69) is 5.32 Å². The summed E-state index contributed by atoms with van der Waals surface area (Å²) in [6, 6.07) is 16.6. The van der Waals surface area contributed by atoms with Crippen molar-refractivity contribution in [1.82, 2.24) is 5.32 Å². The second kappa shape index (κ2) is 12.5. The van der Waals surface area contributed by atoms with Gasteiger partial charge in [0.15, 0.2) is 6.10 Å². The smallest absolute Gasteiger partial charge is 0.254 e. The van der Waals surface area contributed by atoms with Crippen molar-refractivity contribution >= 4 is 24.1 Å². The summed E-state index contributed by atoms with van der Waals surface area (Å²) in [7, 11) is 0. The van der Waals surface area contributed by atoms with Crippen molar-refractivity contribution in [2.75, 3.05) is 6.61 Å². The van der Waals surface area contributed by atoms with E-state index in [9.17, 15) is 13.6 Å². The molecule has 0 radical (unpaired) electrons. The number of nitriles is 1. The molecule has 35 heavy (non-hydrogen) atoms. The molecule has 4 N–H and O–H groups in total. The van der Waals surface area contributed by atoms with E-state index >= 15 is 0 Å². The van der Waals surface area contributed by atoms with Crippen molar-refractivity contribution in [2.45, 2.75) is 19.6 Å². The second-order valence-corrected chi connectivity index (χ2v) is 7.20. The van der Waals surface area contributed by atoms with Crippen LogP contribution in [0.2, 0.25) is 0 Å². The summed E-state index contributed by atoms with van der Waals surface area (Å²) in [5.74, 6) is -2.60. The minimum absolute atomic E-state index is 0. The lowest BCUT2D eigenvalue weighted by atomic mass is 10.1. The van der Waals surface area contributed by atoms with Crippen molar-refractivity contribution in [3.8, 4) is 17.6 Å². The average molecular weight is 501 g/mol. The van der Waals surface area contributed by atoms with Gasteiger partial charge in [-0.2, -0.15) is 5.26 Å². The fourth-order valence-corrected chi connectivity index (χ4v) is 3.14. The van der Waals surface area contributed by atoms with Gasteiger partial charge in [0, 0.05) is 30.8 Å². The zero-order valence-electron chi connectivity index (χ0n) is 18.7. The molecule has 0 aliphatic rings. The molecule has 0 heterocycles. The highest BCUT2D eigenvalue weighted by Gasteiger charge is 2.28. The number of halogens is 3. The van der Waals surface area contributed by atoms with Gasteiger partial charge in [-0.05, 0) is 36.8 Å². The fourth-order valence-electron chi connectivity index (χ4n) is 3.14. The largest absolute Gasteiger partial charge is 0.457 e. The number of carbonyl (C=O) groups excluding carboxylic acids is 1. The third kappa shape index (κ3) is 6.99. The number of benzene rings is 3. The first kappa shape index (κ1) is 27.2. The van der Waals surface area contributed by atoms with Crippen LogP contribution < -0.4 is 15.8 Å². The highest BCUT2D eigenvalue weighted by atomic mass is 35.5. The van der Waals surface area contributed by atoms with E-state index in [1.165, 1.54) is 24.3 Å². The number of amides is 1. The van der Waals surface area contributed by atoms with Crippen LogP contribution in [0.25, 0.3) is 0 Å². The summed E-state index contributed by atoms with van der Waals surface area (Å²) < 4.78 is 40.6. The quantitative estimate of drug-likeness (QED) is 0.290. The molecule has 0 saturated heterocycles. The van der Waals surface area contributed by atoms with Crippen LogP contribution in [0.15, 0.2) is 60.7 Å². The highest BCUT2D eigenvalue weighted by Crippen LogP contribution is 2.31. The predicted octanol–water partition coefficient (Wildman–Crippen LogP) is 4.73. The molecule has 0 fully saturated rings. The van der Waals surface area contributed by atoms with E-state index in [4.69, 9.17) is 25.9 Å². The molecule has 0 aliphatic carbocycles. The van der Waals surface area contributed by atoms with Crippen molar-refractivity contribution in [3.63, 3.8) is 0 Å². The normalized spacial score (nSPS) is 11.0. The van der Waals surface area contributed by atoms with Crippen LogP contribution in [0.4, 0.5) is 8.78 Å². The molecule has 1 atom stereocenters. The molecule has 0 aromatic heterocycles. The van der Waals surface area contributed by atoms with Crippen LogP contribution in [-0.4, -0.2) is 18.3 Å². The van der Waals surface area contributed by atoms with Crippen LogP contribution >= 0.6 is 12.4 Å². The molecule has 10 heteroatoms. The second-order valence-electron chi connectivity index (χ2n) is 7.20. The van der Waals surface area contributed by atoms with Crippen LogP contribution in [0, 0.1) is 28.4 Å². The summed E-state index contributed by atoms with van der Waals surface area (Å²) in [6.45, 7) is 1.75. The Balaban J connectivity index is 0.00000432. The predicted molar refractivity (Wildman–Crippen MR) is 129 cm³/mol. The zero-order chi connectivity index (χ0) is 24.7. The minimum Gasteiger partial charge on any atom is -0.457 e. The van der Waals surface area contributed by atoms with Crippen molar-refractivity contribution in [3.05, 3.63) is 94.6 Å². The summed E-state index contributed by atoms with van der Waals surface area (Å²) in [5.41, 5.74) is 6.56. The SMILES string of the molecule is CCOC(C(=O)NCc1ccc(C(=N)N)cc1)c1c(F)cc(Oc2ccc(C#N)cc2)cc1F.Cl. The maximum Gasteiger partial charge on any atom is 0.254 e. The number of hydrogen-bond acceptors (Lipinski definition) is 5. The first-order chi connectivity index (χ1) is 16.3. The van der Waals surface area contributed by atoms with Crippen molar-refractivity contribution < 1.29 is 23.0 Å². The number of carbonyl (C=O) groups is 1. The lowest BCUT2D eigenvalue weighted by Gasteiger charge is -2.19. The van der Waals surface area contributed by atoms with Gasteiger partial charge in [-0.1, -0.05) is 24.3 Å². The van der Waals surface area contributed by atoms with E-state index in [1.54, 1.807) is 31.2 Å². The van der Waals surface area contributed by atoms with Crippen molar-refractivity contribution in [1.29, 1.82) is 10.7 Å². The van der Waals surface area contributed by atoms with Crippen LogP contribution in [0.1, 0.15) is 35.3 Å². The van der Waals surface area contributed by atoms with Gasteiger partial charge in [-0.15, -0.1) is 12.4 Å². The van der Waals surface area contributed by atoms with Gasteiger partial charge < -0.3 is 20.5 Å². The van der Waals surface area contributed by atoms with Gasteiger partial charge in [-0.25, -0.2) is 8.78 Å². The number of nitrogens with zero attached hydrogens (tertiary/aromatic N) is 1. The molecule has 3 rings (SSSR count). The Morgan fingerprint density at radius 2 is 1.69 bits per heavy atom. The molecule has 182 valence electrons. The standard InChI is InChI=1S/C25H22F2N4O3.ClH/c1-2-33-23(25(32)31-14-16-3-7-17(8-4-16)24(29)30)22-20(26)11-19(12-21(22)27)34-18-9-5-15(13-28)6-10-18;/h3-12,23H,2,14H2,1H3,(H3,29,30)(H,31,32);1H. The van der Waals surface area contributed by atoms with Gasteiger partial charge in [-0.3, -0.25) is 10.2 Å². The summed E-state index contributed by atoms with van der Waals surface area (Å²) >= 11 is 0. The number of hydrogen-bond donors (Lipinski definition) is 3. The minimum atomic E-state index is -1.51. The van der Waals surface area contributed by atoms with E-state index in [0.717, 1.165) is 12.1 Å². The van der Waals surface area contributed by atoms with E-state index < -0.39 is 29.2 Å². The highest BCUT2D eigenvalue weighted by molar-refractivity contribution is 5.94. The number of amidine groups is 1. The van der Waals surface area contributed by atoms with Gasteiger partial charge in [0.05, 0.1) is 17.2 Å². The Hall–Kier alpha value is -4.00. The Morgan fingerprint density at radius 1 is 1.09 bits per heavy atom. The number of nitrogens with one attached hydrogen (secondary N) is 2. The van der Waals surface area contributed by atoms with Gasteiger partial charge in [0.2, 0.25) is 0 Å². The number of nitrogen functional groups attached to an aromatic ring is 1. The molecule has 1 unspecified atom stereocenters. The summed E-state index contributed by atoms with van der Waals surface area (Å²) in [4.78, 5) is 12.7. The third-order valence-corrected chi connectivity index (χ3v) is 4.84. The molecule has 0 aliphatic heterocycles. The maximum absolute atomic E-state index is 14.9. The monoisotopic (exact) mass is 500 g/mol. The Kier molecular flexibility index (Phi) is 9.70. The maximum atomic E-state index is 14.9. The number of nitrogens with two attached hydrogens (primary N) is 1. The molecule has 3 aromatic rings. The first-order valence-electron chi connectivity index (χ1n) is 10.3. The van der Waals surface area contributed by atoms with Gasteiger partial charge in [0.1, 0.15) is 29.0 Å². The van der Waals surface area contributed by atoms with E-state index in [-0.39, 0.29) is 37.1 Å². The molecule has 0 bridgehead atoms. The first-order valence-corrected chi connectivity index (χ1v) is 10.3. The van der Waals surface area contributed by atoms with Gasteiger partial charge in [0.25, 0.3) is 5.91 Å². The summed E-state index contributed by atoms with van der Waals surface area (Å²) in [6.07, 6.45) is -1.51. The molecule has 0 saturated carbocycles. The third-order valence-electron chi connectivity index (χ3n) is 4.84. The molecular weight excluding hydrogens is 478 g/mol. The summed E-state index contributed by atoms with van der Waals surface area (Å²) in [5, 5.41) is 18.9. The molecule has 7 nitrogen and oxygen atoms in total. The lowest BCUT2D eigenvalue weighted by Crippen LogP contribution is -2.31. The Labute approximate surface area is 207 Å². The molecule has 1 amide bonds. The van der Waals surface area contributed by atoms with E-state index in [0.29, 0.717) is 22.4 Å². The molecule has 3 aromatic carbocycles. The average Bonchev–Trinajstić information content (AvgIpc) is 2.82. The zero-order valence-corrected chi connectivity index (χ0v) is 19.5. The van der Waals surface area contributed by atoms with E-state index in [1.807, 2.05) is 6.07 Å². The Bertz CT molecular complexity index is 1210. The Morgan fingerprint density at radius 3 is 2.20 bits per heavy atom. The molecular formula is C25H23ClF2N4O3. The van der Waals surface area contributed by atoms with Crippen LogP contribution in [-0.2, 0) is 16.1 Å². The molecule has 0 spiro atoms. The lowest BCUT2D eigenvalue weighted by molar-refractivity contribution is -0.133. The van der Waals surface area contributed by atoms with Crippen LogP contribution in [0.3, 0.4) is 0 Å². The van der Waals surface area contributed by atoms with Crippen molar-refractivity contribution in [2.24, 2.45) is 5.73 Å².